The van der Waals surface area contributed by atoms with Crippen molar-refractivity contribution in [3.63, 3.8) is 0 Å². The molecule has 39 heavy (non-hydrogen) atoms. The molecule has 0 bridgehead atoms. The number of aliphatic carboxylic acids is 1. The maximum atomic E-state index is 14.4. The molecule has 214 valence electrons. The van der Waals surface area contributed by atoms with Crippen LogP contribution in [-0.4, -0.2) is 49.7 Å². The molecule has 0 spiro atoms. The Morgan fingerprint density at radius 1 is 1.08 bits per heavy atom. The van der Waals surface area contributed by atoms with Crippen LogP contribution in [0.25, 0.3) is 0 Å². The first-order chi connectivity index (χ1) is 18.4. The summed E-state index contributed by atoms with van der Waals surface area (Å²) in [6, 6.07) is -0.627. The van der Waals surface area contributed by atoms with E-state index in [4.69, 9.17) is 23.2 Å². The lowest BCUT2D eigenvalue weighted by atomic mass is 9.75. The summed E-state index contributed by atoms with van der Waals surface area (Å²) in [4.78, 5) is 30.6. The van der Waals surface area contributed by atoms with E-state index in [2.05, 4.69) is 17.0 Å². The third-order valence-corrected chi connectivity index (χ3v) is 8.84. The molecule has 0 atom stereocenters. The van der Waals surface area contributed by atoms with Crippen molar-refractivity contribution >= 4 is 35.1 Å². The van der Waals surface area contributed by atoms with Gasteiger partial charge in [0.1, 0.15) is 0 Å². The SMILES string of the molecule is CC1(CN(CCc2c(Cl)cncc2Cl)C(=O)c2cnn([C@H]3CC[C@H](C(=O)O)CC3)c2C(F)(F)F)CCCCC1. The molecule has 2 fully saturated rings. The van der Waals surface area contributed by atoms with E-state index in [1.807, 2.05) is 0 Å². The number of rotatable bonds is 8. The van der Waals surface area contributed by atoms with Crippen molar-refractivity contribution in [3.05, 3.63) is 45.5 Å². The van der Waals surface area contributed by atoms with Crippen molar-refractivity contribution in [2.75, 3.05) is 13.1 Å². The smallest absolute Gasteiger partial charge is 0.433 e. The molecule has 0 aromatic carbocycles. The number of pyridine rings is 1. The summed E-state index contributed by atoms with van der Waals surface area (Å²) in [6.45, 7) is 2.51. The number of hydrogen-bond acceptors (Lipinski definition) is 4. The highest BCUT2D eigenvalue weighted by atomic mass is 35.5. The first-order valence-corrected chi connectivity index (χ1v) is 14.1. The number of carboxylic acid groups (broad SMARTS) is 1. The van der Waals surface area contributed by atoms with Gasteiger partial charge in [0.05, 0.1) is 33.8 Å². The standard InChI is InChI=1S/C27H33Cl2F3N4O3/c1-26(10-3-2-4-11-26)16-35(12-9-19-21(28)14-33-15-22(19)29)24(37)20-13-34-36(23(20)27(30,31)32)18-7-5-17(6-8-18)25(38)39/h13-15,17-18H,2-12,16H2,1H3,(H,38,39)/t17-,18-. The Morgan fingerprint density at radius 2 is 1.69 bits per heavy atom. The third-order valence-electron chi connectivity index (χ3n) is 8.19. The van der Waals surface area contributed by atoms with Crippen molar-refractivity contribution in [3.8, 4) is 0 Å². The van der Waals surface area contributed by atoms with E-state index in [9.17, 15) is 27.9 Å². The Labute approximate surface area is 235 Å². The lowest BCUT2D eigenvalue weighted by Gasteiger charge is -2.38. The van der Waals surface area contributed by atoms with E-state index >= 15 is 0 Å². The van der Waals surface area contributed by atoms with E-state index in [0.29, 0.717) is 22.2 Å². The lowest BCUT2D eigenvalue weighted by molar-refractivity contribution is -0.147. The summed E-state index contributed by atoms with van der Waals surface area (Å²) in [7, 11) is 0. The van der Waals surface area contributed by atoms with Gasteiger partial charge in [-0.15, -0.1) is 0 Å². The van der Waals surface area contributed by atoms with Crippen LogP contribution in [0.2, 0.25) is 10.0 Å². The highest BCUT2D eigenvalue weighted by molar-refractivity contribution is 6.35. The molecule has 2 heterocycles. The van der Waals surface area contributed by atoms with Crippen LogP contribution in [0.15, 0.2) is 18.6 Å². The van der Waals surface area contributed by atoms with Crippen molar-refractivity contribution in [1.29, 1.82) is 0 Å². The van der Waals surface area contributed by atoms with Crippen LogP contribution >= 0.6 is 23.2 Å². The molecule has 2 saturated carbocycles. The number of alkyl halides is 3. The fourth-order valence-electron chi connectivity index (χ4n) is 6.02. The first-order valence-electron chi connectivity index (χ1n) is 13.3. The second kappa shape index (κ2) is 12.0. The summed E-state index contributed by atoms with van der Waals surface area (Å²) >= 11 is 12.6. The van der Waals surface area contributed by atoms with Crippen LogP contribution in [0.5, 0.6) is 0 Å². The number of hydrogen-bond donors (Lipinski definition) is 1. The number of amides is 1. The quantitative estimate of drug-likeness (QED) is 0.356. The molecule has 2 aromatic heterocycles. The van der Waals surface area contributed by atoms with Gasteiger partial charge >= 0.3 is 12.1 Å². The molecule has 12 heteroatoms. The summed E-state index contributed by atoms with van der Waals surface area (Å²) in [5.74, 6) is -2.26. The molecule has 1 N–H and O–H groups in total. The second-order valence-corrected chi connectivity index (χ2v) is 11.9. The maximum Gasteiger partial charge on any atom is 0.433 e. The average molecular weight is 589 g/mol. The van der Waals surface area contributed by atoms with E-state index in [1.54, 1.807) is 0 Å². The van der Waals surface area contributed by atoms with Gasteiger partial charge in [0, 0.05) is 25.5 Å². The number of halogens is 5. The summed E-state index contributed by atoms with van der Waals surface area (Å²) < 4.78 is 44.2. The fourth-order valence-corrected chi connectivity index (χ4v) is 6.57. The molecule has 2 aliphatic carbocycles. The molecule has 7 nitrogen and oxygen atoms in total. The zero-order chi connectivity index (χ0) is 28.4. The zero-order valence-corrected chi connectivity index (χ0v) is 23.3. The van der Waals surface area contributed by atoms with Crippen molar-refractivity contribution in [1.82, 2.24) is 19.7 Å². The van der Waals surface area contributed by atoms with Crippen molar-refractivity contribution in [2.45, 2.75) is 83.4 Å². The Balaban J connectivity index is 1.64. The topological polar surface area (TPSA) is 88.3 Å². The van der Waals surface area contributed by atoms with Crippen LogP contribution in [0.3, 0.4) is 0 Å². The van der Waals surface area contributed by atoms with Gasteiger partial charge in [-0.1, -0.05) is 49.4 Å². The van der Waals surface area contributed by atoms with E-state index in [0.717, 1.165) is 43.0 Å². The number of carbonyl (C=O) groups is 2. The summed E-state index contributed by atoms with van der Waals surface area (Å²) in [5.41, 5.74) is -1.20. The van der Waals surface area contributed by atoms with E-state index in [-0.39, 0.29) is 44.1 Å². The molecule has 2 aromatic rings. The second-order valence-electron chi connectivity index (χ2n) is 11.1. The summed E-state index contributed by atoms with van der Waals surface area (Å²) in [6.07, 6.45) is 5.24. The lowest BCUT2D eigenvalue weighted by Crippen LogP contribution is -2.42. The number of nitrogens with zero attached hydrogens (tertiary/aromatic N) is 4. The minimum Gasteiger partial charge on any atom is -0.481 e. The average Bonchev–Trinajstić information content (AvgIpc) is 3.34. The van der Waals surface area contributed by atoms with Gasteiger partial charge in [-0.25, -0.2) is 0 Å². The molecule has 0 aliphatic heterocycles. The van der Waals surface area contributed by atoms with Crippen LogP contribution in [-0.2, 0) is 17.4 Å². The molecule has 4 rings (SSSR count). The molecule has 0 radical (unpaired) electrons. The van der Waals surface area contributed by atoms with Gasteiger partial charge in [-0.3, -0.25) is 19.3 Å². The van der Waals surface area contributed by atoms with Gasteiger partial charge in [-0.05, 0) is 55.9 Å². The molecular weight excluding hydrogens is 556 g/mol. The number of carboxylic acids is 1. The Morgan fingerprint density at radius 3 is 2.26 bits per heavy atom. The van der Waals surface area contributed by atoms with Crippen molar-refractivity contribution < 1.29 is 27.9 Å². The molecule has 0 saturated heterocycles. The van der Waals surface area contributed by atoms with Gasteiger partial charge in [0.2, 0.25) is 0 Å². The highest BCUT2D eigenvalue weighted by Gasteiger charge is 2.44. The monoisotopic (exact) mass is 588 g/mol. The Kier molecular flexibility index (Phi) is 9.15. The minimum atomic E-state index is -4.82. The maximum absolute atomic E-state index is 14.4. The number of aromatic nitrogens is 3. The van der Waals surface area contributed by atoms with Crippen LogP contribution < -0.4 is 0 Å². The van der Waals surface area contributed by atoms with Gasteiger partial charge in [0.15, 0.2) is 5.69 Å². The fraction of sp³-hybridized carbons (Fsp3) is 0.630. The van der Waals surface area contributed by atoms with Crippen LogP contribution in [0.4, 0.5) is 13.2 Å². The van der Waals surface area contributed by atoms with Crippen molar-refractivity contribution in [2.24, 2.45) is 11.3 Å². The Bertz CT molecular complexity index is 1170. The van der Waals surface area contributed by atoms with E-state index in [1.165, 1.54) is 17.3 Å². The molecule has 2 aliphatic rings. The normalized spacial score (nSPS) is 21.5. The largest absolute Gasteiger partial charge is 0.481 e. The van der Waals surface area contributed by atoms with Crippen LogP contribution in [0.1, 0.15) is 92.4 Å². The predicted octanol–water partition coefficient (Wildman–Crippen LogP) is 7.07. The Hall–Kier alpha value is -2.33. The van der Waals surface area contributed by atoms with Gasteiger partial charge in [-0.2, -0.15) is 18.3 Å². The predicted molar refractivity (Wildman–Crippen MR) is 141 cm³/mol. The van der Waals surface area contributed by atoms with Crippen LogP contribution in [0, 0.1) is 11.3 Å². The molecule has 1 amide bonds. The minimum absolute atomic E-state index is 0.129. The summed E-state index contributed by atoms with van der Waals surface area (Å²) in [5, 5.41) is 14.0. The molecular formula is C27H33Cl2F3N4O3. The van der Waals surface area contributed by atoms with Gasteiger partial charge in [0.25, 0.3) is 5.91 Å². The van der Waals surface area contributed by atoms with Gasteiger partial charge < -0.3 is 10.0 Å². The van der Waals surface area contributed by atoms with E-state index < -0.39 is 41.3 Å². The third kappa shape index (κ3) is 6.88. The molecule has 0 unspecified atom stereocenters. The first kappa shape index (κ1) is 29.6. The zero-order valence-electron chi connectivity index (χ0n) is 21.8. The highest BCUT2D eigenvalue weighted by Crippen LogP contribution is 2.41. The number of carbonyl (C=O) groups excluding carboxylic acids is 1.